The lowest BCUT2D eigenvalue weighted by atomic mass is 10.2. The van der Waals surface area contributed by atoms with Crippen LogP contribution in [-0.2, 0) is 13.1 Å². The molecule has 1 N–H and O–H groups in total. The first kappa shape index (κ1) is 15.7. The first-order chi connectivity index (χ1) is 11.7. The number of carbonyl (C=O) groups excluding carboxylic acids is 1. The van der Waals surface area contributed by atoms with Crippen molar-refractivity contribution in [3.63, 3.8) is 0 Å². The molecule has 0 spiro atoms. The topological polar surface area (TPSA) is 63.1 Å². The predicted octanol–water partition coefficient (Wildman–Crippen LogP) is 2.61. The van der Waals surface area contributed by atoms with Gasteiger partial charge in [0.1, 0.15) is 0 Å². The van der Waals surface area contributed by atoms with Gasteiger partial charge < -0.3 is 10.2 Å². The number of pyridine rings is 1. The highest BCUT2D eigenvalue weighted by Crippen LogP contribution is 2.08. The van der Waals surface area contributed by atoms with Crippen LogP contribution in [0.5, 0.6) is 0 Å². The molecule has 2 aromatic heterocycles. The summed E-state index contributed by atoms with van der Waals surface area (Å²) in [5, 5.41) is 7.10. The molecule has 6 heteroatoms. The number of rotatable bonds is 5. The number of hydrogen-bond donors (Lipinski definition) is 1. The molecule has 0 aliphatic heterocycles. The number of carbonyl (C=O) groups is 1. The van der Waals surface area contributed by atoms with Crippen molar-refractivity contribution >= 4 is 6.03 Å². The molecule has 0 unspecified atom stereocenters. The largest absolute Gasteiger partial charge is 0.334 e. The van der Waals surface area contributed by atoms with Gasteiger partial charge in [0.2, 0.25) is 0 Å². The van der Waals surface area contributed by atoms with Crippen LogP contribution in [-0.4, -0.2) is 32.7 Å². The Balaban J connectivity index is 1.52. The number of nitrogens with zero attached hydrogens (tertiary/aromatic N) is 4. The van der Waals surface area contributed by atoms with Gasteiger partial charge in [-0.2, -0.15) is 5.10 Å². The fourth-order valence-corrected chi connectivity index (χ4v) is 2.31. The van der Waals surface area contributed by atoms with Crippen molar-refractivity contribution in [3.8, 4) is 5.69 Å². The number of amides is 2. The Kier molecular flexibility index (Phi) is 4.86. The van der Waals surface area contributed by atoms with Crippen molar-refractivity contribution in [1.29, 1.82) is 0 Å². The smallest absolute Gasteiger partial charge is 0.317 e. The van der Waals surface area contributed by atoms with E-state index in [2.05, 4.69) is 15.4 Å². The van der Waals surface area contributed by atoms with Crippen LogP contribution in [0, 0.1) is 0 Å². The van der Waals surface area contributed by atoms with Crippen LogP contribution in [0.15, 0.2) is 67.1 Å². The van der Waals surface area contributed by atoms with Gasteiger partial charge in [-0.1, -0.05) is 18.2 Å². The maximum Gasteiger partial charge on any atom is 0.317 e. The molecule has 0 aliphatic rings. The van der Waals surface area contributed by atoms with Crippen LogP contribution in [0.4, 0.5) is 4.79 Å². The second kappa shape index (κ2) is 7.41. The number of nitrogens with one attached hydrogen (secondary N) is 1. The number of hydrogen-bond acceptors (Lipinski definition) is 3. The first-order valence-corrected chi connectivity index (χ1v) is 7.70. The van der Waals surface area contributed by atoms with Crippen LogP contribution in [0.25, 0.3) is 5.69 Å². The second-order valence-corrected chi connectivity index (χ2v) is 5.45. The van der Waals surface area contributed by atoms with E-state index < -0.39 is 0 Å². The lowest BCUT2D eigenvalue weighted by Gasteiger charge is -2.17. The van der Waals surface area contributed by atoms with E-state index in [0.717, 1.165) is 16.9 Å². The summed E-state index contributed by atoms with van der Waals surface area (Å²) in [4.78, 5) is 18.0. The van der Waals surface area contributed by atoms with Crippen molar-refractivity contribution in [3.05, 3.63) is 78.4 Å². The molecule has 24 heavy (non-hydrogen) atoms. The van der Waals surface area contributed by atoms with Crippen LogP contribution >= 0.6 is 0 Å². The lowest BCUT2D eigenvalue weighted by Crippen LogP contribution is -2.36. The van der Waals surface area contributed by atoms with E-state index in [1.165, 1.54) is 0 Å². The van der Waals surface area contributed by atoms with E-state index in [4.69, 9.17) is 0 Å². The van der Waals surface area contributed by atoms with Crippen LogP contribution in [0.2, 0.25) is 0 Å². The third kappa shape index (κ3) is 3.98. The normalized spacial score (nSPS) is 10.4. The first-order valence-electron chi connectivity index (χ1n) is 7.70. The van der Waals surface area contributed by atoms with Crippen molar-refractivity contribution in [1.82, 2.24) is 25.0 Å². The van der Waals surface area contributed by atoms with Crippen molar-refractivity contribution in [2.45, 2.75) is 13.1 Å². The highest BCUT2D eigenvalue weighted by molar-refractivity contribution is 5.73. The zero-order valence-electron chi connectivity index (χ0n) is 13.5. The summed E-state index contributed by atoms with van der Waals surface area (Å²) in [6.07, 6.45) is 5.36. The lowest BCUT2D eigenvalue weighted by molar-refractivity contribution is 0.206. The monoisotopic (exact) mass is 321 g/mol. The van der Waals surface area contributed by atoms with E-state index >= 15 is 0 Å². The third-order valence-electron chi connectivity index (χ3n) is 3.62. The highest BCUT2D eigenvalue weighted by Gasteiger charge is 2.09. The van der Waals surface area contributed by atoms with E-state index in [1.54, 1.807) is 29.0 Å². The molecule has 0 bridgehead atoms. The quantitative estimate of drug-likeness (QED) is 0.786. The highest BCUT2D eigenvalue weighted by atomic mass is 16.2. The van der Waals surface area contributed by atoms with Gasteiger partial charge in [0.05, 0.1) is 17.9 Å². The molecule has 0 saturated carbocycles. The molecule has 0 radical (unpaired) electrons. The summed E-state index contributed by atoms with van der Waals surface area (Å²) in [7, 11) is 1.75. The average Bonchev–Trinajstić information content (AvgIpc) is 3.15. The third-order valence-corrected chi connectivity index (χ3v) is 3.62. The summed E-state index contributed by atoms with van der Waals surface area (Å²) < 4.78 is 1.79. The van der Waals surface area contributed by atoms with Crippen LogP contribution in [0.3, 0.4) is 0 Å². The molecule has 0 aliphatic carbocycles. The van der Waals surface area contributed by atoms with Crippen molar-refractivity contribution in [2.75, 3.05) is 7.05 Å². The Bertz CT molecular complexity index is 769. The van der Waals surface area contributed by atoms with E-state index in [1.807, 2.05) is 54.7 Å². The fourth-order valence-electron chi connectivity index (χ4n) is 2.31. The summed E-state index contributed by atoms with van der Waals surface area (Å²) in [6, 6.07) is 15.3. The van der Waals surface area contributed by atoms with Gasteiger partial charge in [-0.15, -0.1) is 0 Å². The summed E-state index contributed by atoms with van der Waals surface area (Å²) in [6.45, 7) is 0.954. The molecular weight excluding hydrogens is 302 g/mol. The molecule has 122 valence electrons. The zero-order valence-corrected chi connectivity index (χ0v) is 13.5. The SMILES string of the molecule is CN(Cc1ccccn1)C(=O)NCc1ccc(-n2cccn2)cc1. The molecule has 0 saturated heterocycles. The van der Waals surface area contributed by atoms with Gasteiger partial charge in [0.15, 0.2) is 0 Å². The maximum atomic E-state index is 12.1. The molecule has 2 amide bonds. The standard InChI is InChI=1S/C18H19N5O/c1-22(14-16-5-2-3-10-19-16)18(24)20-13-15-6-8-17(9-7-15)23-12-4-11-21-23/h2-12H,13-14H2,1H3,(H,20,24). The molecule has 0 atom stereocenters. The van der Waals surface area contributed by atoms with Gasteiger partial charge in [-0.05, 0) is 35.9 Å². The predicted molar refractivity (Wildman–Crippen MR) is 91.5 cm³/mol. The van der Waals surface area contributed by atoms with E-state index in [0.29, 0.717) is 13.1 Å². The minimum absolute atomic E-state index is 0.128. The Morgan fingerprint density at radius 1 is 1.12 bits per heavy atom. The van der Waals surface area contributed by atoms with Crippen LogP contribution in [0.1, 0.15) is 11.3 Å². The second-order valence-electron chi connectivity index (χ2n) is 5.45. The fraction of sp³-hybridized carbons (Fsp3) is 0.167. The Morgan fingerprint density at radius 3 is 2.62 bits per heavy atom. The minimum Gasteiger partial charge on any atom is -0.334 e. The molecule has 1 aromatic carbocycles. The minimum atomic E-state index is -0.128. The summed E-state index contributed by atoms with van der Waals surface area (Å²) >= 11 is 0. The summed E-state index contributed by atoms with van der Waals surface area (Å²) in [5.41, 5.74) is 2.88. The molecule has 3 aromatic rings. The number of aromatic nitrogens is 3. The molecule has 6 nitrogen and oxygen atoms in total. The van der Waals surface area contributed by atoms with Gasteiger partial charge in [-0.25, -0.2) is 9.48 Å². The van der Waals surface area contributed by atoms with Gasteiger partial charge >= 0.3 is 6.03 Å². The van der Waals surface area contributed by atoms with Gasteiger partial charge in [-0.3, -0.25) is 4.98 Å². The van der Waals surface area contributed by atoms with Crippen LogP contribution < -0.4 is 5.32 Å². The zero-order chi connectivity index (χ0) is 16.8. The van der Waals surface area contributed by atoms with Crippen molar-refractivity contribution in [2.24, 2.45) is 0 Å². The Morgan fingerprint density at radius 2 is 1.96 bits per heavy atom. The number of urea groups is 1. The Hall–Kier alpha value is -3.15. The average molecular weight is 321 g/mol. The summed E-state index contributed by atoms with van der Waals surface area (Å²) in [5.74, 6) is 0. The van der Waals surface area contributed by atoms with Crippen molar-refractivity contribution < 1.29 is 4.79 Å². The molecule has 2 heterocycles. The van der Waals surface area contributed by atoms with Gasteiger partial charge in [0.25, 0.3) is 0 Å². The maximum absolute atomic E-state index is 12.1. The molecule has 0 fully saturated rings. The molecule has 3 rings (SSSR count). The Labute approximate surface area is 140 Å². The molecular formula is C18H19N5O. The number of benzene rings is 1. The van der Waals surface area contributed by atoms with E-state index in [-0.39, 0.29) is 6.03 Å². The van der Waals surface area contributed by atoms with Gasteiger partial charge in [0, 0.05) is 32.2 Å². The van der Waals surface area contributed by atoms with E-state index in [9.17, 15) is 4.79 Å².